The van der Waals surface area contributed by atoms with Gasteiger partial charge < -0.3 is 10.4 Å². The van der Waals surface area contributed by atoms with Gasteiger partial charge >= 0.3 is 0 Å². The van der Waals surface area contributed by atoms with Crippen molar-refractivity contribution in [1.82, 2.24) is 15.1 Å². The highest BCUT2D eigenvalue weighted by molar-refractivity contribution is 5.12. The summed E-state index contributed by atoms with van der Waals surface area (Å²) in [5.74, 6) is 0.647. The molecular formula is C16H31N3O. The van der Waals surface area contributed by atoms with Gasteiger partial charge in [0.25, 0.3) is 0 Å². The maximum absolute atomic E-state index is 10.6. The molecule has 0 amide bonds. The van der Waals surface area contributed by atoms with Gasteiger partial charge in [0, 0.05) is 18.7 Å². The van der Waals surface area contributed by atoms with Gasteiger partial charge in [0.2, 0.25) is 0 Å². The average Bonchev–Trinajstić information content (AvgIpc) is 2.76. The van der Waals surface area contributed by atoms with Crippen molar-refractivity contribution in [2.45, 2.75) is 66.0 Å². The molecule has 0 aromatic carbocycles. The first-order valence-corrected chi connectivity index (χ1v) is 7.86. The first kappa shape index (κ1) is 17.2. The van der Waals surface area contributed by atoms with Gasteiger partial charge in [-0.2, -0.15) is 5.10 Å². The second kappa shape index (κ2) is 7.79. The van der Waals surface area contributed by atoms with Crippen LogP contribution in [-0.4, -0.2) is 33.6 Å². The minimum Gasteiger partial charge on any atom is -0.390 e. The number of hydrogen-bond acceptors (Lipinski definition) is 3. The first-order valence-electron chi connectivity index (χ1n) is 7.86. The van der Waals surface area contributed by atoms with Crippen LogP contribution in [0.1, 0.15) is 52.4 Å². The predicted octanol–water partition coefficient (Wildman–Crippen LogP) is 2.39. The molecule has 0 aliphatic carbocycles. The van der Waals surface area contributed by atoms with E-state index in [1.165, 1.54) is 0 Å². The van der Waals surface area contributed by atoms with E-state index in [1.54, 1.807) is 0 Å². The highest BCUT2D eigenvalue weighted by Crippen LogP contribution is 2.18. The lowest BCUT2D eigenvalue weighted by molar-refractivity contribution is 0.0493. The van der Waals surface area contributed by atoms with Gasteiger partial charge in [0.05, 0.1) is 11.3 Å². The Morgan fingerprint density at radius 1 is 1.40 bits per heavy atom. The number of rotatable bonds is 9. The van der Waals surface area contributed by atoms with Crippen LogP contribution in [0.2, 0.25) is 0 Å². The minimum atomic E-state index is -0.679. The number of aromatic nitrogens is 2. The van der Waals surface area contributed by atoms with E-state index in [1.807, 2.05) is 11.6 Å². The van der Waals surface area contributed by atoms with E-state index in [2.05, 4.69) is 44.2 Å². The largest absolute Gasteiger partial charge is 0.390 e. The Balaban J connectivity index is 2.54. The van der Waals surface area contributed by atoms with E-state index in [0.29, 0.717) is 12.3 Å². The van der Waals surface area contributed by atoms with Gasteiger partial charge in [-0.3, -0.25) is 4.68 Å². The van der Waals surface area contributed by atoms with E-state index >= 15 is 0 Å². The van der Waals surface area contributed by atoms with Crippen LogP contribution in [0.15, 0.2) is 6.07 Å². The zero-order chi connectivity index (χ0) is 15.2. The molecule has 1 heterocycles. The van der Waals surface area contributed by atoms with Crippen molar-refractivity contribution >= 4 is 0 Å². The van der Waals surface area contributed by atoms with Crippen molar-refractivity contribution in [2.24, 2.45) is 5.92 Å². The van der Waals surface area contributed by atoms with Crippen molar-refractivity contribution in [3.63, 3.8) is 0 Å². The van der Waals surface area contributed by atoms with Crippen LogP contribution in [0.25, 0.3) is 0 Å². The lowest BCUT2D eigenvalue weighted by Gasteiger charge is -2.24. The molecule has 20 heavy (non-hydrogen) atoms. The van der Waals surface area contributed by atoms with Crippen molar-refractivity contribution < 1.29 is 5.11 Å². The SMILES string of the molecule is CCc1cc(CC(C)(O)CCNCC(C)C)n(CC)n1. The summed E-state index contributed by atoms with van der Waals surface area (Å²) in [7, 11) is 0. The molecule has 0 radical (unpaired) electrons. The van der Waals surface area contributed by atoms with Crippen LogP contribution in [0, 0.1) is 5.92 Å². The van der Waals surface area contributed by atoms with E-state index in [-0.39, 0.29) is 0 Å². The average molecular weight is 281 g/mol. The van der Waals surface area contributed by atoms with Gasteiger partial charge in [-0.15, -0.1) is 0 Å². The van der Waals surface area contributed by atoms with Crippen LogP contribution >= 0.6 is 0 Å². The minimum absolute atomic E-state index is 0.647. The molecule has 1 atom stereocenters. The summed E-state index contributed by atoms with van der Waals surface area (Å²) < 4.78 is 2.01. The topological polar surface area (TPSA) is 50.1 Å². The van der Waals surface area contributed by atoms with Crippen LogP contribution < -0.4 is 5.32 Å². The Hall–Kier alpha value is -0.870. The molecule has 0 fully saturated rings. The summed E-state index contributed by atoms with van der Waals surface area (Å²) in [6, 6.07) is 2.12. The van der Waals surface area contributed by atoms with Crippen LogP contribution in [0.5, 0.6) is 0 Å². The molecule has 2 N–H and O–H groups in total. The fourth-order valence-electron chi connectivity index (χ4n) is 2.33. The van der Waals surface area contributed by atoms with E-state index < -0.39 is 5.60 Å². The molecule has 0 spiro atoms. The molecule has 116 valence electrons. The van der Waals surface area contributed by atoms with Crippen LogP contribution in [0.4, 0.5) is 0 Å². The summed E-state index contributed by atoms with van der Waals surface area (Å²) in [6.45, 7) is 13.2. The molecule has 1 aromatic heterocycles. The monoisotopic (exact) mass is 281 g/mol. The predicted molar refractivity (Wildman–Crippen MR) is 83.9 cm³/mol. The third kappa shape index (κ3) is 5.63. The lowest BCUT2D eigenvalue weighted by Crippen LogP contribution is -2.34. The van der Waals surface area contributed by atoms with Crippen molar-refractivity contribution in [3.8, 4) is 0 Å². The second-order valence-electron chi connectivity index (χ2n) is 6.32. The number of aliphatic hydroxyl groups is 1. The maximum Gasteiger partial charge on any atom is 0.0686 e. The molecule has 0 saturated heterocycles. The Morgan fingerprint density at radius 3 is 2.65 bits per heavy atom. The Kier molecular flexibility index (Phi) is 6.69. The number of nitrogens with zero attached hydrogens (tertiary/aromatic N) is 2. The Bertz CT molecular complexity index is 396. The molecule has 1 aromatic rings. The highest BCUT2D eigenvalue weighted by Gasteiger charge is 2.23. The molecule has 0 aliphatic rings. The van der Waals surface area contributed by atoms with Crippen LogP contribution in [0.3, 0.4) is 0 Å². The van der Waals surface area contributed by atoms with Crippen molar-refractivity contribution in [2.75, 3.05) is 13.1 Å². The van der Waals surface area contributed by atoms with Gasteiger partial charge in [0.1, 0.15) is 0 Å². The van der Waals surface area contributed by atoms with Crippen molar-refractivity contribution in [3.05, 3.63) is 17.5 Å². The summed E-state index contributed by atoms with van der Waals surface area (Å²) in [4.78, 5) is 0. The standard InChI is InChI=1S/C16H31N3O/c1-6-14-10-15(19(7-2)18-14)11-16(5,20)8-9-17-12-13(3)4/h10,13,17,20H,6-9,11-12H2,1-5H3. The van der Waals surface area contributed by atoms with E-state index in [9.17, 15) is 5.11 Å². The first-order chi connectivity index (χ1) is 9.38. The number of nitrogens with one attached hydrogen (secondary N) is 1. The zero-order valence-electron chi connectivity index (χ0n) is 13.7. The molecule has 4 heteroatoms. The highest BCUT2D eigenvalue weighted by atomic mass is 16.3. The summed E-state index contributed by atoms with van der Waals surface area (Å²) in [6.07, 6.45) is 2.37. The third-order valence-corrected chi connectivity index (χ3v) is 3.53. The normalized spacial score (nSPS) is 14.8. The number of aryl methyl sites for hydroxylation is 2. The molecule has 1 rings (SSSR count). The zero-order valence-corrected chi connectivity index (χ0v) is 13.7. The second-order valence-corrected chi connectivity index (χ2v) is 6.32. The number of hydrogen-bond donors (Lipinski definition) is 2. The molecule has 1 unspecified atom stereocenters. The van der Waals surface area contributed by atoms with Crippen molar-refractivity contribution in [1.29, 1.82) is 0 Å². The Morgan fingerprint density at radius 2 is 2.10 bits per heavy atom. The lowest BCUT2D eigenvalue weighted by atomic mass is 9.95. The Labute approximate surface area is 123 Å². The summed E-state index contributed by atoms with van der Waals surface area (Å²) >= 11 is 0. The fraction of sp³-hybridized carbons (Fsp3) is 0.812. The van der Waals surface area contributed by atoms with E-state index in [0.717, 1.165) is 43.9 Å². The molecular weight excluding hydrogens is 250 g/mol. The van der Waals surface area contributed by atoms with Gasteiger partial charge in [-0.05, 0) is 51.8 Å². The third-order valence-electron chi connectivity index (χ3n) is 3.53. The quantitative estimate of drug-likeness (QED) is 0.683. The smallest absolute Gasteiger partial charge is 0.0686 e. The molecule has 0 saturated carbocycles. The maximum atomic E-state index is 10.6. The van der Waals surface area contributed by atoms with E-state index in [4.69, 9.17) is 0 Å². The molecule has 0 bridgehead atoms. The van der Waals surface area contributed by atoms with Crippen LogP contribution in [-0.2, 0) is 19.4 Å². The van der Waals surface area contributed by atoms with Gasteiger partial charge in [-0.1, -0.05) is 20.8 Å². The van der Waals surface area contributed by atoms with Gasteiger partial charge in [0.15, 0.2) is 0 Å². The summed E-state index contributed by atoms with van der Waals surface area (Å²) in [5.41, 5.74) is 1.57. The summed E-state index contributed by atoms with van der Waals surface area (Å²) in [5, 5.41) is 18.5. The molecule has 0 aliphatic heterocycles. The molecule has 4 nitrogen and oxygen atoms in total. The fourth-order valence-corrected chi connectivity index (χ4v) is 2.33. The van der Waals surface area contributed by atoms with Gasteiger partial charge in [-0.25, -0.2) is 0 Å².